The molecule has 0 radical (unpaired) electrons. The van der Waals surface area contributed by atoms with Crippen LogP contribution in [0.15, 0.2) is 78.9 Å². The number of ether oxygens (including phenoxy) is 1. The van der Waals surface area contributed by atoms with Crippen molar-refractivity contribution in [1.82, 2.24) is 14.5 Å². The summed E-state index contributed by atoms with van der Waals surface area (Å²) in [6.07, 6.45) is 3.43. The molecule has 0 saturated carbocycles. The van der Waals surface area contributed by atoms with Crippen molar-refractivity contribution in [3.05, 3.63) is 90.0 Å². The Morgan fingerprint density at radius 1 is 0.912 bits per heavy atom. The highest BCUT2D eigenvalue weighted by Crippen LogP contribution is 2.29. The predicted molar refractivity (Wildman–Crippen MR) is 140 cm³/mol. The molecule has 0 atom stereocenters. The zero-order chi connectivity index (χ0) is 23.3. The fraction of sp³-hybridized carbons (Fsp3) is 0.345. The Labute approximate surface area is 202 Å². The number of methoxy groups -OCH3 is 1. The fourth-order valence-corrected chi connectivity index (χ4v) is 5.12. The number of rotatable bonds is 8. The minimum absolute atomic E-state index is 0.487. The Morgan fingerprint density at radius 2 is 1.62 bits per heavy atom. The zero-order valence-electron chi connectivity index (χ0n) is 20.2. The van der Waals surface area contributed by atoms with E-state index in [2.05, 4.69) is 88.1 Å². The van der Waals surface area contributed by atoms with E-state index in [0.717, 1.165) is 68.2 Å². The van der Waals surface area contributed by atoms with Crippen LogP contribution in [0.4, 0.5) is 5.95 Å². The van der Waals surface area contributed by atoms with Crippen molar-refractivity contribution in [3.63, 3.8) is 0 Å². The number of piperidine rings is 1. The first-order chi connectivity index (χ1) is 16.7. The maximum absolute atomic E-state index is 5.64. The molecular weight excluding hydrogens is 420 g/mol. The molecule has 1 fully saturated rings. The Balaban J connectivity index is 1.31. The summed E-state index contributed by atoms with van der Waals surface area (Å²) in [5.74, 6) is 1.95. The largest absolute Gasteiger partial charge is 0.496 e. The first-order valence-electron chi connectivity index (χ1n) is 12.3. The third-order valence-corrected chi connectivity index (χ3v) is 7.14. The second kappa shape index (κ2) is 10.3. The maximum Gasteiger partial charge on any atom is 0.206 e. The molecule has 1 aliphatic rings. The monoisotopic (exact) mass is 454 g/mol. The summed E-state index contributed by atoms with van der Waals surface area (Å²) >= 11 is 0. The summed E-state index contributed by atoms with van der Waals surface area (Å²) in [6, 6.07) is 28.0. The molecule has 5 heteroatoms. The van der Waals surface area contributed by atoms with Gasteiger partial charge in [0.05, 0.1) is 24.7 Å². The van der Waals surface area contributed by atoms with Gasteiger partial charge in [-0.15, -0.1) is 0 Å². The molecule has 0 aliphatic carbocycles. The SMILES string of the molecule is COc1ccccc1Cn1c(N(C)C2CCN(CCc3ccccc3)CC2)nc2ccccc21. The zero-order valence-corrected chi connectivity index (χ0v) is 20.2. The summed E-state index contributed by atoms with van der Waals surface area (Å²) in [5, 5.41) is 0. The predicted octanol–water partition coefficient (Wildman–Crippen LogP) is 5.24. The minimum atomic E-state index is 0.487. The third-order valence-electron chi connectivity index (χ3n) is 7.14. The minimum Gasteiger partial charge on any atom is -0.496 e. The van der Waals surface area contributed by atoms with Crippen LogP contribution in [0.2, 0.25) is 0 Å². The molecule has 1 saturated heterocycles. The van der Waals surface area contributed by atoms with Gasteiger partial charge in [0.25, 0.3) is 0 Å². The van der Waals surface area contributed by atoms with Crippen molar-refractivity contribution in [2.45, 2.75) is 31.8 Å². The van der Waals surface area contributed by atoms with E-state index < -0.39 is 0 Å². The molecule has 0 N–H and O–H groups in total. The number of anilines is 1. The fourth-order valence-electron chi connectivity index (χ4n) is 5.12. The number of para-hydroxylation sites is 3. The Kier molecular flexibility index (Phi) is 6.82. The Morgan fingerprint density at radius 3 is 2.41 bits per heavy atom. The van der Waals surface area contributed by atoms with Crippen LogP contribution in [0, 0.1) is 0 Å². The molecule has 5 nitrogen and oxygen atoms in total. The normalized spacial score (nSPS) is 15.0. The average Bonchev–Trinajstić information content (AvgIpc) is 3.26. The van der Waals surface area contributed by atoms with Gasteiger partial charge in [0.15, 0.2) is 0 Å². The molecule has 0 spiro atoms. The van der Waals surface area contributed by atoms with Crippen molar-refractivity contribution in [2.75, 3.05) is 38.7 Å². The smallest absolute Gasteiger partial charge is 0.206 e. The van der Waals surface area contributed by atoms with E-state index in [4.69, 9.17) is 9.72 Å². The quantitative estimate of drug-likeness (QED) is 0.365. The van der Waals surface area contributed by atoms with Gasteiger partial charge < -0.3 is 19.1 Å². The number of nitrogens with zero attached hydrogens (tertiary/aromatic N) is 4. The van der Waals surface area contributed by atoms with E-state index in [-0.39, 0.29) is 0 Å². The number of benzene rings is 3. The van der Waals surface area contributed by atoms with Gasteiger partial charge in [-0.3, -0.25) is 0 Å². The van der Waals surface area contributed by atoms with E-state index in [1.165, 1.54) is 11.1 Å². The van der Waals surface area contributed by atoms with Gasteiger partial charge in [0, 0.05) is 38.3 Å². The van der Waals surface area contributed by atoms with Crippen LogP contribution in [0.5, 0.6) is 5.75 Å². The van der Waals surface area contributed by atoms with Gasteiger partial charge in [0.2, 0.25) is 5.95 Å². The lowest BCUT2D eigenvalue weighted by molar-refractivity contribution is 0.212. The van der Waals surface area contributed by atoms with Crippen molar-refractivity contribution < 1.29 is 4.74 Å². The van der Waals surface area contributed by atoms with Crippen LogP contribution < -0.4 is 9.64 Å². The van der Waals surface area contributed by atoms with Crippen LogP contribution in [0.3, 0.4) is 0 Å². The lowest BCUT2D eigenvalue weighted by Crippen LogP contribution is -2.44. The second-order valence-corrected chi connectivity index (χ2v) is 9.22. The molecule has 1 aromatic heterocycles. The number of likely N-dealkylation sites (tertiary alicyclic amines) is 1. The highest BCUT2D eigenvalue weighted by Gasteiger charge is 2.26. The molecule has 176 valence electrons. The molecular formula is C29H34N4O. The second-order valence-electron chi connectivity index (χ2n) is 9.22. The maximum atomic E-state index is 5.64. The number of hydrogen-bond donors (Lipinski definition) is 0. The highest BCUT2D eigenvalue weighted by molar-refractivity contribution is 5.79. The summed E-state index contributed by atoms with van der Waals surface area (Å²) in [7, 11) is 3.95. The molecule has 34 heavy (non-hydrogen) atoms. The Hall–Kier alpha value is -3.31. The summed E-state index contributed by atoms with van der Waals surface area (Å²) < 4.78 is 7.98. The summed E-state index contributed by atoms with van der Waals surface area (Å²) in [5.41, 5.74) is 4.79. The number of fused-ring (bicyclic) bond motifs is 1. The molecule has 1 aliphatic heterocycles. The van der Waals surface area contributed by atoms with Gasteiger partial charge in [-0.1, -0.05) is 60.7 Å². The van der Waals surface area contributed by atoms with Crippen LogP contribution in [0.25, 0.3) is 11.0 Å². The highest BCUT2D eigenvalue weighted by atomic mass is 16.5. The van der Waals surface area contributed by atoms with Crippen molar-refractivity contribution >= 4 is 17.0 Å². The van der Waals surface area contributed by atoms with E-state index in [0.29, 0.717) is 6.04 Å². The standard InChI is InChI=1S/C29H34N4O/c1-31(25-17-20-32(21-18-25)19-16-23-10-4-3-5-11-23)29-30-26-13-7-8-14-27(26)33(29)22-24-12-6-9-15-28(24)34-2/h3-15,25H,16-22H2,1-2H3. The number of hydrogen-bond acceptors (Lipinski definition) is 4. The molecule has 2 heterocycles. The number of aromatic nitrogens is 2. The van der Waals surface area contributed by atoms with Crippen LogP contribution in [-0.4, -0.2) is 54.3 Å². The van der Waals surface area contributed by atoms with Crippen molar-refractivity contribution in [2.24, 2.45) is 0 Å². The third kappa shape index (κ3) is 4.80. The van der Waals surface area contributed by atoms with E-state index in [1.54, 1.807) is 7.11 Å². The molecule has 0 unspecified atom stereocenters. The Bertz CT molecular complexity index is 1210. The average molecular weight is 455 g/mol. The number of imidazole rings is 1. The van der Waals surface area contributed by atoms with Crippen LogP contribution >= 0.6 is 0 Å². The lowest BCUT2D eigenvalue weighted by Gasteiger charge is -2.37. The molecule has 0 bridgehead atoms. The van der Waals surface area contributed by atoms with Gasteiger partial charge in [-0.2, -0.15) is 0 Å². The van der Waals surface area contributed by atoms with E-state index >= 15 is 0 Å². The molecule has 4 aromatic rings. The van der Waals surface area contributed by atoms with Gasteiger partial charge >= 0.3 is 0 Å². The summed E-state index contributed by atoms with van der Waals surface area (Å²) in [6.45, 7) is 4.13. The first kappa shape index (κ1) is 22.5. The summed E-state index contributed by atoms with van der Waals surface area (Å²) in [4.78, 5) is 10.1. The van der Waals surface area contributed by atoms with E-state index in [9.17, 15) is 0 Å². The molecule has 3 aromatic carbocycles. The molecule has 0 amide bonds. The van der Waals surface area contributed by atoms with Crippen molar-refractivity contribution in [3.8, 4) is 5.75 Å². The van der Waals surface area contributed by atoms with Crippen LogP contribution in [-0.2, 0) is 13.0 Å². The van der Waals surface area contributed by atoms with E-state index in [1.807, 2.05) is 12.1 Å². The topological polar surface area (TPSA) is 33.5 Å². The van der Waals surface area contributed by atoms with Gasteiger partial charge in [-0.25, -0.2) is 4.98 Å². The van der Waals surface area contributed by atoms with Gasteiger partial charge in [-0.05, 0) is 43.0 Å². The lowest BCUT2D eigenvalue weighted by atomic mass is 10.0. The van der Waals surface area contributed by atoms with Crippen molar-refractivity contribution in [1.29, 1.82) is 0 Å². The first-order valence-corrected chi connectivity index (χ1v) is 12.3. The van der Waals surface area contributed by atoms with Crippen LogP contribution in [0.1, 0.15) is 24.0 Å². The molecule has 5 rings (SSSR count). The van der Waals surface area contributed by atoms with Gasteiger partial charge in [0.1, 0.15) is 5.75 Å².